The third-order valence-electron chi connectivity index (χ3n) is 4.35. The number of hydrogen-bond donors (Lipinski definition) is 1. The van der Waals surface area contributed by atoms with Gasteiger partial charge in [0.25, 0.3) is 0 Å². The summed E-state index contributed by atoms with van der Waals surface area (Å²) < 4.78 is 7.73. The van der Waals surface area contributed by atoms with Crippen LogP contribution in [0.5, 0.6) is 11.5 Å². The Kier molecular flexibility index (Phi) is 7.35. The molecule has 0 amide bonds. The minimum Gasteiger partial charge on any atom is -0.508 e. The second-order valence-corrected chi connectivity index (χ2v) is 8.19. The number of unbranched alkanes of at least 4 members (excludes halogenated alkanes) is 1. The lowest BCUT2D eigenvalue weighted by molar-refractivity contribution is 0.309. The van der Waals surface area contributed by atoms with E-state index in [4.69, 9.17) is 4.74 Å². The summed E-state index contributed by atoms with van der Waals surface area (Å²) in [7, 11) is 0. The van der Waals surface area contributed by atoms with Gasteiger partial charge in [-0.1, -0.05) is 93.7 Å². The summed E-state index contributed by atoms with van der Waals surface area (Å²) in [5.74, 6) is 1.24. The van der Waals surface area contributed by atoms with Gasteiger partial charge in [0.2, 0.25) is 0 Å². The van der Waals surface area contributed by atoms with Crippen molar-refractivity contribution < 1.29 is 9.84 Å². The molecule has 0 aliphatic carbocycles. The molecule has 28 heavy (non-hydrogen) atoms. The predicted octanol–water partition coefficient (Wildman–Crippen LogP) is 8.09. The van der Waals surface area contributed by atoms with Crippen LogP contribution in [-0.4, -0.2) is 11.7 Å². The first-order chi connectivity index (χ1) is 13.6. The summed E-state index contributed by atoms with van der Waals surface area (Å²) in [6.45, 7) is 2.96. The maximum Gasteiger partial charge on any atom is 0.121 e. The van der Waals surface area contributed by atoms with Gasteiger partial charge in [0.05, 0.1) is 6.61 Å². The third-order valence-corrected chi connectivity index (χ3v) is 5.66. The number of fused-ring (bicyclic) bond motifs is 2. The standard InChI is InChI=1S/C14H15BrO.C10H7BrO/c1-2-3-8-16-12-9-11-6-4-5-7-13(11)14(15)10-12;11-10-6-8(12)5-7-3-1-2-4-9(7)10/h4-7,9-10H,2-3,8H2,1H3;1-6,12H. The van der Waals surface area contributed by atoms with E-state index in [1.807, 2.05) is 42.5 Å². The van der Waals surface area contributed by atoms with Crippen LogP contribution in [0.1, 0.15) is 19.8 Å². The van der Waals surface area contributed by atoms with E-state index in [0.717, 1.165) is 44.9 Å². The molecule has 0 spiro atoms. The fourth-order valence-corrected chi connectivity index (χ4v) is 4.09. The van der Waals surface area contributed by atoms with Crippen LogP contribution in [0.4, 0.5) is 0 Å². The van der Waals surface area contributed by atoms with E-state index in [2.05, 4.69) is 57.0 Å². The number of halogens is 2. The molecule has 0 fully saturated rings. The van der Waals surface area contributed by atoms with Crippen molar-refractivity contribution in [2.75, 3.05) is 6.61 Å². The van der Waals surface area contributed by atoms with Crippen molar-refractivity contribution in [1.82, 2.24) is 0 Å². The largest absolute Gasteiger partial charge is 0.508 e. The zero-order valence-corrected chi connectivity index (χ0v) is 18.8. The molecule has 0 aromatic heterocycles. The lowest BCUT2D eigenvalue weighted by atomic mass is 10.1. The minimum atomic E-state index is 0.292. The molecule has 0 radical (unpaired) electrons. The zero-order chi connectivity index (χ0) is 19.9. The first kappa shape index (κ1) is 20.7. The molecule has 0 unspecified atom stereocenters. The first-order valence-electron chi connectivity index (χ1n) is 9.27. The molecule has 4 heteroatoms. The van der Waals surface area contributed by atoms with Crippen molar-refractivity contribution in [3.8, 4) is 11.5 Å². The van der Waals surface area contributed by atoms with Crippen LogP contribution in [0.25, 0.3) is 21.5 Å². The van der Waals surface area contributed by atoms with Crippen molar-refractivity contribution in [2.45, 2.75) is 19.8 Å². The van der Waals surface area contributed by atoms with E-state index in [1.54, 1.807) is 12.1 Å². The highest BCUT2D eigenvalue weighted by Crippen LogP contribution is 2.30. The minimum absolute atomic E-state index is 0.292. The second kappa shape index (κ2) is 9.94. The van der Waals surface area contributed by atoms with Crippen molar-refractivity contribution in [3.63, 3.8) is 0 Å². The Morgan fingerprint density at radius 2 is 1.36 bits per heavy atom. The van der Waals surface area contributed by atoms with Gasteiger partial charge in [0, 0.05) is 8.95 Å². The molecule has 4 rings (SSSR count). The number of ether oxygens (including phenoxy) is 1. The van der Waals surface area contributed by atoms with Gasteiger partial charge < -0.3 is 9.84 Å². The van der Waals surface area contributed by atoms with Crippen LogP contribution in [0.2, 0.25) is 0 Å². The van der Waals surface area contributed by atoms with Gasteiger partial charge >= 0.3 is 0 Å². The lowest BCUT2D eigenvalue weighted by Gasteiger charge is -2.08. The zero-order valence-electron chi connectivity index (χ0n) is 15.7. The first-order valence-corrected chi connectivity index (χ1v) is 10.9. The van der Waals surface area contributed by atoms with Crippen molar-refractivity contribution in [3.05, 3.63) is 81.7 Å². The van der Waals surface area contributed by atoms with Gasteiger partial charge in [-0.05, 0) is 52.2 Å². The topological polar surface area (TPSA) is 29.5 Å². The summed E-state index contributed by atoms with van der Waals surface area (Å²) in [4.78, 5) is 0. The molecule has 0 saturated heterocycles. The summed E-state index contributed by atoms with van der Waals surface area (Å²) in [5, 5.41) is 13.9. The average Bonchev–Trinajstić information content (AvgIpc) is 2.69. The summed E-state index contributed by atoms with van der Waals surface area (Å²) in [6, 6.07) is 23.8. The van der Waals surface area contributed by atoms with E-state index in [9.17, 15) is 5.11 Å². The Bertz CT molecular complexity index is 1080. The molecule has 0 bridgehead atoms. The Morgan fingerprint density at radius 3 is 2.00 bits per heavy atom. The fraction of sp³-hybridized carbons (Fsp3) is 0.167. The van der Waals surface area contributed by atoms with Crippen LogP contribution in [0.3, 0.4) is 0 Å². The SMILES string of the molecule is CCCCOc1cc(Br)c2ccccc2c1.Oc1cc(Br)c2ccccc2c1. The van der Waals surface area contributed by atoms with Gasteiger partial charge in [-0.25, -0.2) is 0 Å². The van der Waals surface area contributed by atoms with E-state index in [-0.39, 0.29) is 0 Å². The number of rotatable bonds is 4. The van der Waals surface area contributed by atoms with Gasteiger partial charge in [-0.2, -0.15) is 0 Å². The molecule has 0 aliphatic rings. The fourth-order valence-electron chi connectivity index (χ4n) is 2.90. The van der Waals surface area contributed by atoms with E-state index >= 15 is 0 Å². The smallest absolute Gasteiger partial charge is 0.121 e. The maximum atomic E-state index is 9.28. The quantitative estimate of drug-likeness (QED) is 0.286. The van der Waals surface area contributed by atoms with Gasteiger partial charge in [0.1, 0.15) is 11.5 Å². The monoisotopic (exact) mass is 500 g/mol. The molecule has 144 valence electrons. The highest BCUT2D eigenvalue weighted by molar-refractivity contribution is 9.11. The third kappa shape index (κ3) is 5.27. The average molecular weight is 502 g/mol. The number of aromatic hydroxyl groups is 1. The molecule has 0 aliphatic heterocycles. The molecular weight excluding hydrogens is 480 g/mol. The van der Waals surface area contributed by atoms with Crippen molar-refractivity contribution in [2.24, 2.45) is 0 Å². The lowest BCUT2D eigenvalue weighted by Crippen LogP contribution is -1.96. The van der Waals surface area contributed by atoms with Crippen LogP contribution in [-0.2, 0) is 0 Å². The van der Waals surface area contributed by atoms with Gasteiger partial charge in [-0.3, -0.25) is 0 Å². The Hall–Kier alpha value is -2.04. The van der Waals surface area contributed by atoms with E-state index < -0.39 is 0 Å². The van der Waals surface area contributed by atoms with Crippen molar-refractivity contribution >= 4 is 53.4 Å². The predicted molar refractivity (Wildman–Crippen MR) is 125 cm³/mol. The van der Waals surface area contributed by atoms with E-state index in [1.165, 1.54) is 10.8 Å². The van der Waals surface area contributed by atoms with Crippen LogP contribution >= 0.6 is 31.9 Å². The Balaban J connectivity index is 0.000000167. The molecule has 0 saturated carbocycles. The highest BCUT2D eigenvalue weighted by atomic mass is 79.9. The summed E-state index contributed by atoms with van der Waals surface area (Å²) in [5.41, 5.74) is 0. The highest BCUT2D eigenvalue weighted by Gasteiger charge is 2.02. The molecular formula is C24H22Br2O2. The Morgan fingerprint density at radius 1 is 0.786 bits per heavy atom. The molecule has 0 atom stereocenters. The van der Waals surface area contributed by atoms with Gasteiger partial charge in [0.15, 0.2) is 0 Å². The molecule has 2 nitrogen and oxygen atoms in total. The summed E-state index contributed by atoms with van der Waals surface area (Å²) in [6.07, 6.45) is 2.26. The number of hydrogen-bond acceptors (Lipinski definition) is 2. The number of phenolic OH excluding ortho intramolecular Hbond substituents is 1. The molecule has 4 aromatic carbocycles. The van der Waals surface area contributed by atoms with Crippen LogP contribution < -0.4 is 4.74 Å². The van der Waals surface area contributed by atoms with Crippen molar-refractivity contribution in [1.29, 1.82) is 0 Å². The van der Waals surface area contributed by atoms with Crippen LogP contribution in [0.15, 0.2) is 81.7 Å². The van der Waals surface area contributed by atoms with E-state index in [0.29, 0.717) is 5.75 Å². The molecule has 4 aromatic rings. The summed E-state index contributed by atoms with van der Waals surface area (Å²) >= 11 is 6.96. The van der Waals surface area contributed by atoms with Crippen LogP contribution in [0, 0.1) is 0 Å². The number of phenols is 1. The second-order valence-electron chi connectivity index (χ2n) is 6.48. The Labute approximate surface area is 182 Å². The normalized spacial score (nSPS) is 10.5. The molecule has 1 N–H and O–H groups in total. The maximum absolute atomic E-state index is 9.28. The van der Waals surface area contributed by atoms with Gasteiger partial charge in [-0.15, -0.1) is 0 Å². The molecule has 0 heterocycles. The number of benzene rings is 4.